The molecule has 2 rings (SSSR count). The second-order valence-corrected chi connectivity index (χ2v) is 6.16. The van der Waals surface area contributed by atoms with Crippen LogP contribution in [0.2, 0.25) is 0 Å². The molecule has 0 aliphatic heterocycles. The van der Waals surface area contributed by atoms with E-state index in [4.69, 9.17) is 20.3 Å². The third-order valence-electron chi connectivity index (χ3n) is 3.64. The van der Waals surface area contributed by atoms with Gasteiger partial charge in [0.2, 0.25) is 0 Å². The van der Waals surface area contributed by atoms with Gasteiger partial charge < -0.3 is 20.3 Å². The number of aliphatic hydroxyl groups is 1. The Morgan fingerprint density at radius 1 is 1.44 bits per heavy atom. The summed E-state index contributed by atoms with van der Waals surface area (Å²) in [5.74, 6) is 1.17. The molecule has 3 N–H and O–H groups in total. The number of rotatable bonds is 7. The Balaban J connectivity index is 2.58. The number of anilines is 1. The van der Waals surface area contributed by atoms with Gasteiger partial charge in [0.25, 0.3) is 0 Å². The molecule has 1 heterocycles. The van der Waals surface area contributed by atoms with Crippen molar-refractivity contribution < 1.29 is 14.6 Å². The Morgan fingerprint density at radius 2 is 2.19 bits per heavy atom. The maximum absolute atomic E-state index is 9.59. The van der Waals surface area contributed by atoms with Crippen LogP contribution in [0.15, 0.2) is 16.6 Å². The van der Waals surface area contributed by atoms with Gasteiger partial charge in [0.05, 0.1) is 36.9 Å². The number of hydrogen-bond donors (Lipinski definition) is 2. The van der Waals surface area contributed by atoms with Crippen molar-refractivity contribution >= 4 is 33.4 Å². The van der Waals surface area contributed by atoms with E-state index in [1.165, 1.54) is 11.8 Å². The molecule has 0 aliphatic carbocycles. The van der Waals surface area contributed by atoms with Crippen molar-refractivity contribution in [3.63, 3.8) is 0 Å². The summed E-state index contributed by atoms with van der Waals surface area (Å²) in [6, 6.07) is 7.50. The molecular formula is C18H18BrN5O3. The second-order valence-electron chi connectivity index (χ2n) is 5.30. The fourth-order valence-corrected chi connectivity index (χ4v) is 3.04. The number of aliphatic hydroxyl groups excluding tert-OH is 1. The average Bonchev–Trinajstić information content (AvgIpc) is 2.97. The number of allylic oxidation sites excluding steroid dienone is 1. The lowest BCUT2D eigenvalue weighted by atomic mass is 10.1. The van der Waals surface area contributed by atoms with Crippen LogP contribution in [0.5, 0.6) is 11.5 Å². The first-order chi connectivity index (χ1) is 13.0. The largest absolute Gasteiger partial charge is 0.493 e. The molecule has 0 bridgehead atoms. The van der Waals surface area contributed by atoms with Gasteiger partial charge in [0.1, 0.15) is 29.2 Å². The number of nitrogens with zero attached hydrogens (tertiary/aromatic N) is 4. The molecule has 2 aromatic rings. The van der Waals surface area contributed by atoms with Crippen molar-refractivity contribution in [1.82, 2.24) is 9.78 Å². The van der Waals surface area contributed by atoms with Gasteiger partial charge in [-0.15, -0.1) is 0 Å². The van der Waals surface area contributed by atoms with Crippen LogP contribution in [-0.2, 0) is 6.54 Å². The van der Waals surface area contributed by atoms with Crippen LogP contribution in [0.25, 0.3) is 11.6 Å². The van der Waals surface area contributed by atoms with Crippen molar-refractivity contribution in [2.24, 2.45) is 0 Å². The smallest absolute Gasteiger partial charge is 0.175 e. The Labute approximate surface area is 165 Å². The summed E-state index contributed by atoms with van der Waals surface area (Å²) in [7, 11) is 1.52. The zero-order chi connectivity index (χ0) is 20.0. The molecule has 140 valence electrons. The first kappa shape index (κ1) is 20.3. The molecule has 1 aromatic carbocycles. The zero-order valence-corrected chi connectivity index (χ0v) is 16.4. The number of aromatic nitrogens is 2. The van der Waals surface area contributed by atoms with E-state index in [9.17, 15) is 10.5 Å². The highest BCUT2D eigenvalue weighted by molar-refractivity contribution is 9.10. The van der Waals surface area contributed by atoms with E-state index in [0.717, 1.165) is 0 Å². The van der Waals surface area contributed by atoms with E-state index < -0.39 is 0 Å². The molecule has 1 aromatic heterocycles. The predicted molar refractivity (Wildman–Crippen MR) is 104 cm³/mol. The highest BCUT2D eigenvalue weighted by atomic mass is 79.9. The van der Waals surface area contributed by atoms with Gasteiger partial charge in [0.15, 0.2) is 11.5 Å². The van der Waals surface area contributed by atoms with Crippen LogP contribution >= 0.6 is 15.9 Å². The van der Waals surface area contributed by atoms with Gasteiger partial charge in [-0.25, -0.2) is 4.68 Å². The van der Waals surface area contributed by atoms with E-state index in [-0.39, 0.29) is 35.8 Å². The molecule has 0 fully saturated rings. The molecule has 0 saturated carbocycles. The van der Waals surface area contributed by atoms with Crippen LogP contribution in [0.4, 0.5) is 5.82 Å². The first-order valence-electron chi connectivity index (χ1n) is 8.00. The number of halogens is 1. The minimum Gasteiger partial charge on any atom is -0.493 e. The highest BCUT2D eigenvalue weighted by Crippen LogP contribution is 2.37. The molecule has 0 aliphatic rings. The molecule has 0 spiro atoms. The summed E-state index contributed by atoms with van der Waals surface area (Å²) >= 11 is 3.44. The molecular weight excluding hydrogens is 414 g/mol. The van der Waals surface area contributed by atoms with Crippen molar-refractivity contribution in [2.45, 2.75) is 13.5 Å². The number of benzene rings is 1. The summed E-state index contributed by atoms with van der Waals surface area (Å²) < 4.78 is 12.9. The lowest BCUT2D eigenvalue weighted by Crippen LogP contribution is -2.07. The molecule has 0 unspecified atom stereocenters. The summed E-state index contributed by atoms with van der Waals surface area (Å²) in [6.07, 6.45) is 1.58. The molecule has 9 heteroatoms. The maximum atomic E-state index is 9.59. The van der Waals surface area contributed by atoms with E-state index in [1.54, 1.807) is 18.2 Å². The van der Waals surface area contributed by atoms with E-state index in [0.29, 0.717) is 28.1 Å². The van der Waals surface area contributed by atoms with Gasteiger partial charge in [-0.2, -0.15) is 15.6 Å². The number of hydrogen-bond acceptors (Lipinski definition) is 7. The van der Waals surface area contributed by atoms with Crippen molar-refractivity contribution in [3.8, 4) is 23.6 Å². The van der Waals surface area contributed by atoms with Crippen LogP contribution in [0.3, 0.4) is 0 Å². The van der Waals surface area contributed by atoms with Crippen molar-refractivity contribution in [2.75, 3.05) is 26.1 Å². The monoisotopic (exact) mass is 431 g/mol. The topological polar surface area (TPSA) is 130 Å². The minimum atomic E-state index is -0.190. The summed E-state index contributed by atoms with van der Waals surface area (Å²) in [4.78, 5) is 0. The van der Waals surface area contributed by atoms with Gasteiger partial charge in [-0.05, 0) is 46.6 Å². The lowest BCUT2D eigenvalue weighted by Gasteiger charge is -2.12. The number of nitrogen functional groups attached to an aromatic ring is 1. The second kappa shape index (κ2) is 9.08. The summed E-state index contributed by atoms with van der Waals surface area (Å²) in [5, 5.41) is 32.3. The molecule has 0 saturated heterocycles. The van der Waals surface area contributed by atoms with E-state index >= 15 is 0 Å². The van der Waals surface area contributed by atoms with Gasteiger partial charge in [-0.3, -0.25) is 0 Å². The predicted octanol–water partition coefficient (Wildman–Crippen LogP) is 2.56. The molecule has 8 nitrogen and oxygen atoms in total. The average molecular weight is 432 g/mol. The fourth-order valence-electron chi connectivity index (χ4n) is 2.47. The molecule has 0 atom stereocenters. The van der Waals surface area contributed by atoms with Gasteiger partial charge in [0, 0.05) is 0 Å². The number of nitrogens with two attached hydrogens (primary N) is 1. The summed E-state index contributed by atoms with van der Waals surface area (Å²) in [6.45, 7) is 2.27. The Hall–Kier alpha value is -3.01. The van der Waals surface area contributed by atoms with Gasteiger partial charge in [-0.1, -0.05) is 0 Å². The molecule has 0 radical (unpaired) electrons. The quantitative estimate of drug-likeness (QED) is 0.643. The first-order valence-corrected chi connectivity index (χ1v) is 8.79. The Bertz CT molecular complexity index is 953. The fraction of sp³-hybridized carbons (Fsp3) is 0.278. The number of nitriles is 2. The minimum absolute atomic E-state index is 0.0909. The zero-order valence-electron chi connectivity index (χ0n) is 14.9. The summed E-state index contributed by atoms with van der Waals surface area (Å²) in [5.41, 5.74) is 6.96. The van der Waals surface area contributed by atoms with Crippen LogP contribution in [-0.4, -0.2) is 35.2 Å². The van der Waals surface area contributed by atoms with Crippen LogP contribution in [0, 0.1) is 22.7 Å². The Morgan fingerprint density at radius 3 is 2.74 bits per heavy atom. The third kappa shape index (κ3) is 4.22. The highest BCUT2D eigenvalue weighted by Gasteiger charge is 2.19. The SMILES string of the molecule is CCOc1c(Br)cc(/C=C(\C#N)c2nn(CCO)c(N)c2C#N)cc1OC. The molecule has 27 heavy (non-hydrogen) atoms. The Kier molecular flexibility index (Phi) is 6.83. The van der Waals surface area contributed by atoms with Crippen LogP contribution < -0.4 is 15.2 Å². The normalized spacial score (nSPS) is 11.0. The lowest BCUT2D eigenvalue weighted by molar-refractivity contribution is 0.270. The van der Waals surface area contributed by atoms with Crippen LogP contribution in [0.1, 0.15) is 23.7 Å². The van der Waals surface area contributed by atoms with Gasteiger partial charge >= 0.3 is 0 Å². The van der Waals surface area contributed by atoms with E-state index in [2.05, 4.69) is 21.0 Å². The standard InChI is InChI=1S/C18H18BrN5O3/c1-3-27-17-14(19)7-11(8-15(17)26-2)6-12(9-20)16-13(10-21)18(22)24(23-16)4-5-25/h6-8,25H,3-5,22H2,1-2H3/b12-6+. The van der Waals surface area contributed by atoms with E-state index in [1.807, 2.05) is 19.1 Å². The third-order valence-corrected chi connectivity index (χ3v) is 4.23. The number of ether oxygens (including phenoxy) is 2. The molecule has 0 amide bonds. The van der Waals surface area contributed by atoms with Crippen molar-refractivity contribution in [3.05, 3.63) is 33.4 Å². The number of methoxy groups -OCH3 is 1. The maximum Gasteiger partial charge on any atom is 0.175 e. The van der Waals surface area contributed by atoms with Crippen molar-refractivity contribution in [1.29, 1.82) is 10.5 Å².